The SMILES string of the molecule is [2H]c1c([2H])c([2H])c(-c2c([2H])c([2H])c(N(c3ccccc3)c3ccc(-c4ccc(-c5ccc(N(c6ccccc6)c6c([2H])c([2H])c(-c7c([2H])c([2H])c([2H])c([2H])c7[2H])c([2H])c6[2H])cc5)cc4)cc3)c([2H])c2[2H])c([2H])c1[2H]. The van der Waals surface area contributed by atoms with E-state index in [0.717, 1.165) is 22.3 Å². The van der Waals surface area contributed by atoms with Gasteiger partial charge in [-0.05, 0) is 117 Å². The molecule has 2 nitrogen and oxygen atoms in total. The van der Waals surface area contributed by atoms with E-state index in [-0.39, 0.29) is 11.4 Å². The average Bonchev–Trinajstić information content (AvgIpc) is 3.42. The first-order chi connectivity index (χ1) is 35.3. The van der Waals surface area contributed by atoms with Crippen LogP contribution in [0.4, 0.5) is 34.1 Å². The van der Waals surface area contributed by atoms with Gasteiger partial charge in [0.1, 0.15) is 0 Å². The molecule has 2 heteroatoms. The molecule has 0 atom stereocenters. The van der Waals surface area contributed by atoms with Gasteiger partial charge in [0.2, 0.25) is 0 Å². The Morgan fingerprint density at radius 1 is 0.214 bits per heavy atom. The van der Waals surface area contributed by atoms with Crippen LogP contribution in [0.3, 0.4) is 0 Å². The monoisotopic (exact) mass is 734 g/mol. The Morgan fingerprint density at radius 2 is 0.482 bits per heavy atom. The summed E-state index contributed by atoms with van der Waals surface area (Å²) >= 11 is 0. The summed E-state index contributed by atoms with van der Waals surface area (Å²) in [4.78, 5) is 3.16. The molecule has 0 aliphatic carbocycles. The lowest BCUT2D eigenvalue weighted by molar-refractivity contribution is 1.28. The molecule has 0 aliphatic heterocycles. The number of benzene rings is 9. The molecule has 0 heterocycles. The number of hydrogen-bond acceptors (Lipinski definition) is 2. The molecule has 0 aromatic heterocycles. The first kappa shape index (κ1) is 19.8. The van der Waals surface area contributed by atoms with Crippen molar-refractivity contribution in [2.45, 2.75) is 0 Å². The van der Waals surface area contributed by atoms with Crippen molar-refractivity contribution >= 4 is 34.1 Å². The van der Waals surface area contributed by atoms with Crippen LogP contribution in [0.2, 0.25) is 0 Å². The zero-order valence-electron chi connectivity index (χ0n) is 47.6. The molecule has 0 radical (unpaired) electrons. The van der Waals surface area contributed by atoms with Crippen LogP contribution in [0.1, 0.15) is 24.7 Å². The minimum atomic E-state index is -0.659. The van der Waals surface area contributed by atoms with Crippen LogP contribution < -0.4 is 9.80 Å². The van der Waals surface area contributed by atoms with Crippen LogP contribution in [0.25, 0.3) is 44.5 Å². The fourth-order valence-electron chi connectivity index (χ4n) is 6.27. The quantitative estimate of drug-likeness (QED) is 0.138. The predicted molar refractivity (Wildman–Crippen MR) is 238 cm³/mol. The average molecular weight is 735 g/mol. The van der Waals surface area contributed by atoms with E-state index in [1.807, 2.05) is 48.5 Å². The van der Waals surface area contributed by atoms with Crippen molar-refractivity contribution in [2.75, 3.05) is 9.80 Å². The van der Waals surface area contributed by atoms with E-state index in [1.165, 1.54) is 0 Å². The van der Waals surface area contributed by atoms with Crippen LogP contribution in [-0.4, -0.2) is 0 Å². The van der Waals surface area contributed by atoms with Crippen LogP contribution in [0.15, 0.2) is 242 Å². The van der Waals surface area contributed by atoms with Gasteiger partial charge in [0.05, 0.1) is 24.7 Å². The third-order valence-corrected chi connectivity index (χ3v) is 9.00. The van der Waals surface area contributed by atoms with E-state index in [4.69, 9.17) is 19.2 Å². The van der Waals surface area contributed by atoms with Crippen molar-refractivity contribution in [1.82, 2.24) is 0 Å². The third-order valence-electron chi connectivity index (χ3n) is 9.00. The second-order valence-electron chi connectivity index (χ2n) is 12.5. The molecule has 266 valence electrons. The van der Waals surface area contributed by atoms with Gasteiger partial charge in [-0.15, -0.1) is 0 Å². The summed E-state index contributed by atoms with van der Waals surface area (Å²) < 4.78 is 155. The first-order valence-electron chi connectivity index (χ1n) is 26.6. The van der Waals surface area contributed by atoms with Crippen molar-refractivity contribution in [1.29, 1.82) is 0 Å². The maximum absolute atomic E-state index is 9.17. The summed E-state index contributed by atoms with van der Waals surface area (Å²) in [5.74, 6) is 0. The van der Waals surface area contributed by atoms with Crippen LogP contribution in [0.5, 0.6) is 0 Å². The molecule has 0 N–H and O–H groups in total. The molecule has 0 saturated heterocycles. The fraction of sp³-hybridized carbons (Fsp3) is 0. The van der Waals surface area contributed by atoms with Gasteiger partial charge in [0, 0.05) is 34.1 Å². The number of nitrogens with zero attached hydrogens (tertiary/aromatic N) is 2. The summed E-state index contributed by atoms with van der Waals surface area (Å²) in [6.07, 6.45) is 0. The highest BCUT2D eigenvalue weighted by atomic mass is 15.1. The van der Waals surface area contributed by atoms with E-state index in [9.17, 15) is 5.48 Å². The molecule has 0 spiro atoms. The van der Waals surface area contributed by atoms with Crippen molar-refractivity contribution < 1.29 is 24.7 Å². The normalized spacial score (nSPS) is 15.4. The maximum atomic E-state index is 9.17. The summed E-state index contributed by atoms with van der Waals surface area (Å²) in [6.45, 7) is 0. The zero-order valence-corrected chi connectivity index (χ0v) is 29.6. The number of para-hydroxylation sites is 2. The highest BCUT2D eigenvalue weighted by Crippen LogP contribution is 2.39. The molecular weight excluding hydrogens is 677 g/mol. The Hall–Kier alpha value is -7.42. The topological polar surface area (TPSA) is 6.48 Å². The lowest BCUT2D eigenvalue weighted by Gasteiger charge is -2.26. The highest BCUT2D eigenvalue weighted by molar-refractivity contribution is 5.82. The molecule has 0 bridgehead atoms. The number of anilines is 6. The van der Waals surface area contributed by atoms with Crippen molar-refractivity contribution in [3.8, 4) is 44.5 Å². The molecule has 9 aromatic carbocycles. The largest absolute Gasteiger partial charge is 0.311 e. The predicted octanol–water partition coefficient (Wildman–Crippen LogP) is 15.3. The maximum Gasteiger partial charge on any atom is 0.0645 e. The van der Waals surface area contributed by atoms with Gasteiger partial charge in [-0.3, -0.25) is 0 Å². The van der Waals surface area contributed by atoms with Gasteiger partial charge in [-0.2, -0.15) is 0 Å². The summed E-state index contributed by atoms with van der Waals surface area (Å²) in [5.41, 5.74) is 3.48. The first-order valence-corrected chi connectivity index (χ1v) is 17.6. The Kier molecular flexibility index (Phi) is 5.61. The Bertz CT molecular complexity index is 3330. The van der Waals surface area contributed by atoms with Gasteiger partial charge in [-0.1, -0.05) is 170 Å². The standard InChI is InChI=1S/C54H40N2/c1-5-13-41(14-6-1)45-25-33-51(34-26-45)55(49-17-9-3-10-18-49)53-37-29-47(30-38-53)43-21-23-44(24-22-43)48-31-39-54(40-32-48)56(50-19-11-4-12-20-50)52-35-27-46(28-36-52)42-15-7-2-8-16-42/h1-40H/i1D,2D,5D,6D,7D,8D,13D,14D,15D,16D,25D,26D,27D,28D,33D,34D,35D,36D. The minimum Gasteiger partial charge on any atom is -0.311 e. The van der Waals surface area contributed by atoms with Crippen molar-refractivity contribution in [3.63, 3.8) is 0 Å². The van der Waals surface area contributed by atoms with E-state index in [0.29, 0.717) is 22.7 Å². The van der Waals surface area contributed by atoms with E-state index in [2.05, 4.69) is 0 Å². The van der Waals surface area contributed by atoms with Gasteiger partial charge >= 0.3 is 0 Å². The smallest absolute Gasteiger partial charge is 0.0645 e. The Morgan fingerprint density at radius 3 is 0.804 bits per heavy atom. The summed E-state index contributed by atoms with van der Waals surface area (Å²) in [5, 5.41) is 0. The highest BCUT2D eigenvalue weighted by Gasteiger charge is 2.15. The lowest BCUT2D eigenvalue weighted by Crippen LogP contribution is -2.09. The minimum absolute atomic E-state index is 0.107. The second-order valence-corrected chi connectivity index (χ2v) is 12.5. The van der Waals surface area contributed by atoms with Crippen molar-refractivity contribution in [3.05, 3.63) is 242 Å². The molecule has 56 heavy (non-hydrogen) atoms. The summed E-state index contributed by atoms with van der Waals surface area (Å²) in [7, 11) is 0. The molecule has 9 aromatic rings. The molecule has 9 rings (SSSR count). The second kappa shape index (κ2) is 15.9. The molecular formula is C54H40N2. The Labute approximate surface area is 355 Å². The van der Waals surface area contributed by atoms with Gasteiger partial charge in [-0.25, -0.2) is 0 Å². The van der Waals surface area contributed by atoms with Gasteiger partial charge in [0.25, 0.3) is 0 Å². The van der Waals surface area contributed by atoms with E-state index in [1.54, 1.807) is 94.7 Å². The molecule has 0 amide bonds. The lowest BCUT2D eigenvalue weighted by atomic mass is 9.99. The van der Waals surface area contributed by atoms with Gasteiger partial charge < -0.3 is 9.80 Å². The molecule has 0 fully saturated rings. The number of rotatable bonds is 10. The van der Waals surface area contributed by atoms with E-state index >= 15 is 0 Å². The zero-order chi connectivity index (χ0) is 53.2. The van der Waals surface area contributed by atoms with Crippen LogP contribution in [0, 0.1) is 0 Å². The third kappa shape index (κ3) is 7.37. The molecule has 0 unspecified atom stereocenters. The van der Waals surface area contributed by atoms with Crippen LogP contribution >= 0.6 is 0 Å². The molecule has 0 saturated carbocycles. The molecule has 0 aliphatic rings. The summed E-state index contributed by atoms with van der Waals surface area (Å²) in [6, 6.07) is 29.3. The van der Waals surface area contributed by atoms with E-state index < -0.39 is 131 Å². The van der Waals surface area contributed by atoms with Crippen LogP contribution in [-0.2, 0) is 0 Å². The van der Waals surface area contributed by atoms with Gasteiger partial charge in [0.15, 0.2) is 0 Å². The Balaban J connectivity index is 1.04. The van der Waals surface area contributed by atoms with Crippen molar-refractivity contribution in [2.24, 2.45) is 0 Å². The number of hydrogen-bond donors (Lipinski definition) is 0. The fourth-order valence-corrected chi connectivity index (χ4v) is 6.27.